The molecule has 2 aliphatic rings. The van der Waals surface area contributed by atoms with Crippen molar-refractivity contribution >= 4 is 17.4 Å². The first-order valence-corrected chi connectivity index (χ1v) is 12.7. The minimum Gasteiger partial charge on any atom is -0.364 e. The van der Waals surface area contributed by atoms with E-state index in [0.717, 1.165) is 41.8 Å². The SMILES string of the molecule is CCC(C)N1C[C@@H]2C[C@H]1CN2c1nc(-c2ccnc(N[C@@H](C)c3ccccc3)c2)cc2nccn12. The predicted octanol–water partition coefficient (Wildman–Crippen LogP) is 5.03. The molecule has 4 atom stereocenters. The van der Waals surface area contributed by atoms with Crippen LogP contribution in [-0.4, -0.2) is 55.5 Å². The normalized spacial score (nSPS) is 21.5. The van der Waals surface area contributed by atoms with Crippen LogP contribution in [-0.2, 0) is 0 Å². The maximum atomic E-state index is 5.19. The van der Waals surface area contributed by atoms with Crippen molar-refractivity contribution in [3.05, 3.63) is 72.7 Å². The lowest BCUT2D eigenvalue weighted by Crippen LogP contribution is -2.50. The fourth-order valence-electron chi connectivity index (χ4n) is 5.69. The molecular weight excluding hydrogens is 434 g/mol. The van der Waals surface area contributed by atoms with Gasteiger partial charge in [0.05, 0.1) is 5.69 Å². The number of hydrogen-bond donors (Lipinski definition) is 1. The Hall–Kier alpha value is -3.45. The molecule has 0 amide bonds. The van der Waals surface area contributed by atoms with Gasteiger partial charge in [-0.1, -0.05) is 37.3 Å². The summed E-state index contributed by atoms with van der Waals surface area (Å²) < 4.78 is 2.13. The molecule has 5 heterocycles. The quantitative estimate of drug-likeness (QED) is 0.412. The van der Waals surface area contributed by atoms with Crippen molar-refractivity contribution in [2.75, 3.05) is 23.3 Å². The van der Waals surface area contributed by atoms with Crippen molar-refractivity contribution in [1.29, 1.82) is 0 Å². The fourth-order valence-corrected chi connectivity index (χ4v) is 5.69. The number of likely N-dealkylation sites (tertiary alicyclic amines) is 1. The molecule has 4 aromatic rings. The van der Waals surface area contributed by atoms with Crippen LogP contribution in [0.1, 0.15) is 45.2 Å². The van der Waals surface area contributed by atoms with E-state index in [1.807, 2.05) is 30.7 Å². The summed E-state index contributed by atoms with van der Waals surface area (Å²) in [6.45, 7) is 8.93. The summed E-state index contributed by atoms with van der Waals surface area (Å²) in [5.74, 6) is 1.84. The van der Waals surface area contributed by atoms with E-state index in [4.69, 9.17) is 4.98 Å². The second kappa shape index (κ2) is 8.96. The van der Waals surface area contributed by atoms with Crippen LogP contribution in [0.25, 0.3) is 16.9 Å². The zero-order valence-electron chi connectivity index (χ0n) is 20.7. The molecule has 0 aliphatic carbocycles. The van der Waals surface area contributed by atoms with Crippen LogP contribution in [0.4, 0.5) is 11.8 Å². The second-order valence-electron chi connectivity index (χ2n) is 9.95. The van der Waals surface area contributed by atoms with Gasteiger partial charge in [0, 0.05) is 67.5 Å². The lowest BCUT2D eigenvalue weighted by molar-refractivity contribution is 0.175. The molecule has 1 N–H and O–H groups in total. The van der Waals surface area contributed by atoms with Crippen molar-refractivity contribution in [2.24, 2.45) is 0 Å². The first-order chi connectivity index (χ1) is 17.1. The van der Waals surface area contributed by atoms with Gasteiger partial charge in [0.25, 0.3) is 0 Å². The van der Waals surface area contributed by atoms with Crippen molar-refractivity contribution in [3.63, 3.8) is 0 Å². The van der Waals surface area contributed by atoms with Gasteiger partial charge in [0.15, 0.2) is 0 Å². The van der Waals surface area contributed by atoms with Crippen LogP contribution in [0, 0.1) is 0 Å². The first-order valence-electron chi connectivity index (χ1n) is 12.7. The van der Waals surface area contributed by atoms with Gasteiger partial charge in [0.2, 0.25) is 5.95 Å². The highest BCUT2D eigenvalue weighted by atomic mass is 15.4. The molecule has 2 saturated heterocycles. The molecule has 180 valence electrons. The van der Waals surface area contributed by atoms with Crippen molar-refractivity contribution in [3.8, 4) is 11.3 Å². The lowest BCUT2D eigenvalue weighted by Gasteiger charge is -2.38. The summed E-state index contributed by atoms with van der Waals surface area (Å²) in [6, 6.07) is 18.5. The van der Waals surface area contributed by atoms with Gasteiger partial charge in [-0.05, 0) is 44.4 Å². The van der Waals surface area contributed by atoms with Crippen molar-refractivity contribution in [1.82, 2.24) is 24.3 Å². The maximum Gasteiger partial charge on any atom is 0.212 e. The number of imidazole rings is 1. The highest BCUT2D eigenvalue weighted by Gasteiger charge is 2.45. The number of fused-ring (bicyclic) bond motifs is 3. The van der Waals surface area contributed by atoms with Gasteiger partial charge < -0.3 is 10.2 Å². The molecule has 7 heteroatoms. The topological polar surface area (TPSA) is 61.6 Å². The highest BCUT2D eigenvalue weighted by molar-refractivity contribution is 5.68. The van der Waals surface area contributed by atoms with Gasteiger partial charge in [0.1, 0.15) is 11.5 Å². The fraction of sp³-hybridized carbons (Fsp3) is 0.393. The van der Waals surface area contributed by atoms with Gasteiger partial charge in [-0.25, -0.2) is 15.0 Å². The van der Waals surface area contributed by atoms with Crippen LogP contribution in [0.2, 0.25) is 0 Å². The predicted molar refractivity (Wildman–Crippen MR) is 141 cm³/mol. The van der Waals surface area contributed by atoms with Crippen LogP contribution in [0.3, 0.4) is 0 Å². The maximum absolute atomic E-state index is 5.19. The monoisotopic (exact) mass is 467 g/mol. The summed E-state index contributed by atoms with van der Waals surface area (Å²) in [5.41, 5.74) is 4.13. The minimum absolute atomic E-state index is 0.158. The first kappa shape index (κ1) is 22.0. The third-order valence-corrected chi connectivity index (χ3v) is 7.79. The molecule has 0 radical (unpaired) electrons. The molecule has 2 fully saturated rings. The van der Waals surface area contributed by atoms with Gasteiger partial charge in [-0.2, -0.15) is 0 Å². The molecular formula is C28H33N7. The van der Waals surface area contributed by atoms with E-state index < -0.39 is 0 Å². The van der Waals surface area contributed by atoms with Gasteiger partial charge in [-0.3, -0.25) is 9.30 Å². The number of nitrogens with zero attached hydrogens (tertiary/aromatic N) is 6. The number of anilines is 2. The Bertz CT molecular complexity index is 1320. The molecule has 0 spiro atoms. The second-order valence-corrected chi connectivity index (χ2v) is 9.95. The Balaban J connectivity index is 1.30. The van der Waals surface area contributed by atoms with Crippen LogP contribution in [0.5, 0.6) is 0 Å². The number of rotatable bonds is 7. The number of benzene rings is 1. The van der Waals surface area contributed by atoms with Crippen molar-refractivity contribution < 1.29 is 0 Å². The smallest absolute Gasteiger partial charge is 0.212 e. The van der Waals surface area contributed by atoms with E-state index in [1.165, 1.54) is 18.4 Å². The Morgan fingerprint density at radius 2 is 1.86 bits per heavy atom. The highest BCUT2D eigenvalue weighted by Crippen LogP contribution is 2.36. The molecule has 1 aromatic carbocycles. The Morgan fingerprint density at radius 1 is 1.00 bits per heavy atom. The van der Waals surface area contributed by atoms with Crippen LogP contribution < -0.4 is 10.2 Å². The van der Waals surface area contributed by atoms with Crippen LogP contribution >= 0.6 is 0 Å². The number of aromatic nitrogens is 4. The zero-order chi connectivity index (χ0) is 23.9. The van der Waals surface area contributed by atoms with E-state index in [1.54, 1.807) is 0 Å². The van der Waals surface area contributed by atoms with Gasteiger partial charge >= 0.3 is 0 Å². The third-order valence-electron chi connectivity index (χ3n) is 7.79. The summed E-state index contributed by atoms with van der Waals surface area (Å²) in [7, 11) is 0. The third kappa shape index (κ3) is 4.04. The summed E-state index contributed by atoms with van der Waals surface area (Å²) in [5, 5.41) is 3.54. The standard InChI is InChI=1S/C28H33N7/c1-4-19(2)34-17-24-15-23(34)18-35(24)28-32-25(16-27-30-12-13-33(27)28)22-10-11-29-26(14-22)31-20(3)21-8-6-5-7-9-21/h5-14,16,19-20,23-24H,4,15,17-18H2,1-3H3,(H,29,31)/t19?,20-,23-,24-/m0/s1. The zero-order valence-corrected chi connectivity index (χ0v) is 20.7. The average Bonchev–Trinajstić information content (AvgIpc) is 3.64. The molecule has 3 aromatic heterocycles. The number of hydrogen-bond acceptors (Lipinski definition) is 6. The van der Waals surface area contributed by atoms with E-state index in [-0.39, 0.29) is 6.04 Å². The number of piperazine rings is 1. The average molecular weight is 468 g/mol. The lowest BCUT2D eigenvalue weighted by atomic mass is 10.1. The van der Waals surface area contributed by atoms with Crippen molar-refractivity contribution in [2.45, 2.75) is 57.8 Å². The molecule has 2 bridgehead atoms. The summed E-state index contributed by atoms with van der Waals surface area (Å²) >= 11 is 0. The largest absolute Gasteiger partial charge is 0.364 e. The van der Waals surface area contributed by atoms with E-state index in [0.29, 0.717) is 18.1 Å². The molecule has 2 aliphatic heterocycles. The molecule has 1 unspecified atom stereocenters. The summed E-state index contributed by atoms with van der Waals surface area (Å²) in [6.07, 6.45) is 8.16. The minimum atomic E-state index is 0.158. The van der Waals surface area contributed by atoms with E-state index in [2.05, 4.69) is 86.7 Å². The number of nitrogens with one attached hydrogen (secondary N) is 1. The Kier molecular flexibility index (Phi) is 5.65. The molecule has 6 rings (SSSR count). The molecule has 7 nitrogen and oxygen atoms in total. The Morgan fingerprint density at radius 3 is 2.63 bits per heavy atom. The molecule has 0 saturated carbocycles. The van der Waals surface area contributed by atoms with E-state index in [9.17, 15) is 0 Å². The Labute approximate surface area is 206 Å². The van der Waals surface area contributed by atoms with Crippen LogP contribution in [0.15, 0.2) is 67.1 Å². The molecule has 35 heavy (non-hydrogen) atoms. The number of pyridine rings is 1. The van der Waals surface area contributed by atoms with E-state index >= 15 is 0 Å². The van der Waals surface area contributed by atoms with Gasteiger partial charge in [-0.15, -0.1) is 0 Å². The summed E-state index contributed by atoms with van der Waals surface area (Å²) in [4.78, 5) is 19.6.